The van der Waals surface area contributed by atoms with Crippen molar-refractivity contribution >= 4 is 0 Å². The highest BCUT2D eigenvalue weighted by molar-refractivity contribution is 4.76. The van der Waals surface area contributed by atoms with Crippen molar-refractivity contribution in [1.29, 1.82) is 0 Å². The van der Waals surface area contributed by atoms with E-state index in [1.807, 2.05) is 13.8 Å². The molecule has 0 aromatic heterocycles. The molecule has 1 heteroatoms. The van der Waals surface area contributed by atoms with Gasteiger partial charge in [0.1, 0.15) is 0 Å². The van der Waals surface area contributed by atoms with Gasteiger partial charge in [-0.25, -0.2) is 0 Å². The third-order valence-corrected chi connectivity index (χ3v) is 0. The van der Waals surface area contributed by atoms with E-state index in [9.17, 15) is 0 Å². The van der Waals surface area contributed by atoms with Crippen LogP contribution in [0.25, 0.3) is 0 Å². The first-order chi connectivity index (χ1) is 2.73. The molecule has 0 fully saturated rings. The summed E-state index contributed by atoms with van der Waals surface area (Å²) in [5, 5.41) is 0. The van der Waals surface area contributed by atoms with Crippen LogP contribution in [-0.2, 0) is 0 Å². The molecule has 0 saturated carbocycles. The van der Waals surface area contributed by atoms with Crippen LogP contribution in [0.15, 0.2) is 12.3 Å². The molecular formula is C5H13N. The summed E-state index contributed by atoms with van der Waals surface area (Å²) in [6.45, 7) is 9.08. The second-order valence-electron chi connectivity index (χ2n) is 0.846. The molecule has 0 radical (unpaired) electrons. The molecule has 0 bridgehead atoms. The zero-order valence-corrected chi connectivity index (χ0v) is 4.78. The fourth-order valence-electron chi connectivity index (χ4n) is 0. The number of rotatable bonds is 0. The van der Waals surface area contributed by atoms with Crippen LogP contribution in [0, 0.1) is 0 Å². The van der Waals surface area contributed by atoms with Gasteiger partial charge in [-0.3, -0.25) is 0 Å². The van der Waals surface area contributed by atoms with Gasteiger partial charge in [0.2, 0.25) is 0 Å². The minimum atomic E-state index is 0.667. The Bertz CT molecular complexity index is 26.9. The van der Waals surface area contributed by atoms with Crippen molar-refractivity contribution in [2.45, 2.75) is 20.8 Å². The van der Waals surface area contributed by atoms with Crippen LogP contribution >= 0.6 is 0 Å². The Kier molecular flexibility index (Phi) is 13.4. The zero-order valence-electron chi connectivity index (χ0n) is 4.78. The van der Waals surface area contributed by atoms with Crippen LogP contribution in [-0.4, -0.2) is 0 Å². The van der Waals surface area contributed by atoms with Crippen molar-refractivity contribution in [1.82, 2.24) is 0 Å². The second kappa shape index (κ2) is 8.82. The first-order valence-corrected chi connectivity index (χ1v) is 2.14. The van der Waals surface area contributed by atoms with E-state index in [-0.39, 0.29) is 0 Å². The molecule has 0 heterocycles. The Hall–Kier alpha value is -0.460. The number of allylic oxidation sites excluding steroid dienone is 1. The predicted octanol–water partition coefficient (Wildman–Crippen LogP) is 1.50. The van der Waals surface area contributed by atoms with Gasteiger partial charge in [0, 0.05) is 0 Å². The van der Waals surface area contributed by atoms with E-state index >= 15 is 0 Å². The summed E-state index contributed by atoms with van der Waals surface area (Å²) in [6, 6.07) is 0. The molecule has 0 spiro atoms. The maximum absolute atomic E-state index is 4.92. The van der Waals surface area contributed by atoms with E-state index in [0.29, 0.717) is 5.70 Å². The van der Waals surface area contributed by atoms with Gasteiger partial charge in [0.05, 0.1) is 0 Å². The summed E-state index contributed by atoms with van der Waals surface area (Å²) in [4.78, 5) is 0. The Morgan fingerprint density at radius 3 is 1.50 bits per heavy atom. The first kappa shape index (κ1) is 9.11. The van der Waals surface area contributed by atoms with Crippen LogP contribution < -0.4 is 5.73 Å². The van der Waals surface area contributed by atoms with E-state index < -0.39 is 0 Å². The fourth-order valence-corrected chi connectivity index (χ4v) is 0. The third kappa shape index (κ3) is 108. The monoisotopic (exact) mass is 87.1 g/mol. The second-order valence-corrected chi connectivity index (χ2v) is 0.846. The minimum Gasteiger partial charge on any atom is -0.403 e. The molecule has 0 rings (SSSR count). The summed E-state index contributed by atoms with van der Waals surface area (Å²) >= 11 is 0. The Labute approximate surface area is 39.9 Å². The molecule has 0 aliphatic rings. The highest BCUT2D eigenvalue weighted by Crippen LogP contribution is 1.58. The van der Waals surface area contributed by atoms with Crippen LogP contribution in [0.2, 0.25) is 0 Å². The largest absolute Gasteiger partial charge is 0.403 e. The number of hydrogen-bond donors (Lipinski definition) is 1. The standard InChI is InChI=1S/C3H7N.C2H6/c1-3(2)4;1-2/h1,4H2,2H3;1-2H3. The van der Waals surface area contributed by atoms with Crippen LogP contribution in [0.3, 0.4) is 0 Å². The lowest BCUT2D eigenvalue weighted by Crippen LogP contribution is -1.83. The third-order valence-electron chi connectivity index (χ3n) is 0. The SMILES string of the molecule is C=C(C)N.CC. The molecule has 38 valence electrons. The first-order valence-electron chi connectivity index (χ1n) is 2.14. The van der Waals surface area contributed by atoms with Crippen LogP contribution in [0.1, 0.15) is 20.8 Å². The Morgan fingerprint density at radius 1 is 1.50 bits per heavy atom. The molecule has 0 atom stereocenters. The maximum Gasteiger partial charge on any atom is -0.00242 e. The van der Waals surface area contributed by atoms with Crippen molar-refractivity contribution in [3.63, 3.8) is 0 Å². The molecule has 0 amide bonds. The minimum absolute atomic E-state index is 0.667. The smallest absolute Gasteiger partial charge is 0.00242 e. The van der Waals surface area contributed by atoms with Gasteiger partial charge >= 0.3 is 0 Å². The van der Waals surface area contributed by atoms with Crippen LogP contribution in [0.4, 0.5) is 0 Å². The molecule has 1 nitrogen and oxygen atoms in total. The van der Waals surface area contributed by atoms with Crippen molar-refractivity contribution in [3.8, 4) is 0 Å². The summed E-state index contributed by atoms with van der Waals surface area (Å²) < 4.78 is 0. The van der Waals surface area contributed by atoms with E-state index in [1.165, 1.54) is 0 Å². The van der Waals surface area contributed by atoms with Gasteiger partial charge < -0.3 is 5.73 Å². The summed E-state index contributed by atoms with van der Waals surface area (Å²) in [6.07, 6.45) is 0. The molecular weight excluding hydrogens is 74.1 g/mol. The molecule has 0 aromatic rings. The summed E-state index contributed by atoms with van der Waals surface area (Å²) in [5.41, 5.74) is 5.58. The average molecular weight is 87.2 g/mol. The molecule has 6 heavy (non-hydrogen) atoms. The molecule has 0 aliphatic heterocycles. The van der Waals surface area contributed by atoms with Gasteiger partial charge in [-0.05, 0) is 12.6 Å². The number of hydrogen-bond acceptors (Lipinski definition) is 1. The van der Waals surface area contributed by atoms with Gasteiger partial charge in [0.15, 0.2) is 0 Å². The van der Waals surface area contributed by atoms with Gasteiger partial charge in [-0.2, -0.15) is 0 Å². The lowest BCUT2D eigenvalue weighted by atomic mass is 10.6. The Balaban J connectivity index is 0. The quantitative estimate of drug-likeness (QED) is 0.476. The summed E-state index contributed by atoms with van der Waals surface area (Å²) in [5.74, 6) is 0. The average Bonchev–Trinajstić information content (AvgIpc) is 1.41. The topological polar surface area (TPSA) is 26.0 Å². The summed E-state index contributed by atoms with van der Waals surface area (Å²) in [7, 11) is 0. The van der Waals surface area contributed by atoms with Gasteiger partial charge in [-0.15, -0.1) is 0 Å². The Morgan fingerprint density at radius 2 is 1.50 bits per heavy atom. The van der Waals surface area contributed by atoms with Crippen molar-refractivity contribution in [2.24, 2.45) is 5.73 Å². The van der Waals surface area contributed by atoms with E-state index in [2.05, 4.69) is 6.58 Å². The highest BCUT2D eigenvalue weighted by Gasteiger charge is 1.50. The van der Waals surface area contributed by atoms with Crippen molar-refractivity contribution in [2.75, 3.05) is 0 Å². The molecule has 0 aliphatic carbocycles. The maximum atomic E-state index is 4.92. The van der Waals surface area contributed by atoms with Crippen molar-refractivity contribution < 1.29 is 0 Å². The van der Waals surface area contributed by atoms with Crippen LogP contribution in [0.5, 0.6) is 0 Å². The lowest BCUT2D eigenvalue weighted by Gasteiger charge is -1.69. The lowest BCUT2D eigenvalue weighted by molar-refractivity contribution is 1.34. The molecule has 0 saturated heterocycles. The fraction of sp³-hybridized carbons (Fsp3) is 0.600. The number of nitrogens with two attached hydrogens (primary N) is 1. The van der Waals surface area contributed by atoms with Crippen molar-refractivity contribution in [3.05, 3.63) is 12.3 Å². The van der Waals surface area contributed by atoms with Gasteiger partial charge in [-0.1, -0.05) is 20.4 Å². The van der Waals surface area contributed by atoms with E-state index in [0.717, 1.165) is 0 Å². The predicted molar refractivity (Wildman–Crippen MR) is 30.3 cm³/mol. The zero-order chi connectivity index (χ0) is 5.58. The normalized spacial score (nSPS) is 5.17. The highest BCUT2D eigenvalue weighted by atomic mass is 14.5. The molecule has 2 N–H and O–H groups in total. The van der Waals surface area contributed by atoms with E-state index in [4.69, 9.17) is 5.73 Å². The molecule has 0 unspecified atom stereocenters. The van der Waals surface area contributed by atoms with E-state index in [1.54, 1.807) is 6.92 Å². The van der Waals surface area contributed by atoms with Gasteiger partial charge in [0.25, 0.3) is 0 Å². The molecule has 0 aromatic carbocycles.